The van der Waals surface area contributed by atoms with Gasteiger partial charge in [-0.15, -0.1) is 0 Å². The van der Waals surface area contributed by atoms with E-state index >= 15 is 0 Å². The third-order valence-electron chi connectivity index (χ3n) is 3.24. The highest BCUT2D eigenvalue weighted by Crippen LogP contribution is 2.39. The fourth-order valence-corrected chi connectivity index (χ4v) is 2.67. The fourth-order valence-electron chi connectivity index (χ4n) is 2.31. The lowest BCUT2D eigenvalue weighted by molar-refractivity contribution is 0.199. The second-order valence-electron chi connectivity index (χ2n) is 4.48. The van der Waals surface area contributed by atoms with E-state index in [0.29, 0.717) is 23.6 Å². The van der Waals surface area contributed by atoms with Crippen molar-refractivity contribution in [3.05, 3.63) is 52.3 Å². The molecule has 0 saturated heterocycles. The Morgan fingerprint density at radius 2 is 2.20 bits per heavy atom. The average Bonchev–Trinajstić information content (AvgIpc) is 2.46. The number of hydrogen-bond donors (Lipinski definition) is 1. The molecule has 2 aromatic rings. The Morgan fingerprint density at radius 3 is 3.00 bits per heavy atom. The Kier molecular flexibility index (Phi) is 3.53. The summed E-state index contributed by atoms with van der Waals surface area (Å²) in [6, 6.07) is 10.5. The minimum Gasteiger partial charge on any atom is -0.496 e. The van der Waals surface area contributed by atoms with Crippen LogP contribution in [0.2, 0.25) is 0 Å². The van der Waals surface area contributed by atoms with Gasteiger partial charge in [-0.05, 0) is 30.3 Å². The number of fused-ring (bicyclic) bond motifs is 1. The molecular weight excluding hydrogens is 325 g/mol. The lowest BCUT2D eigenvalue weighted by atomic mass is 10.1. The highest BCUT2D eigenvalue weighted by Gasteiger charge is 2.26. The summed E-state index contributed by atoms with van der Waals surface area (Å²) >= 11 is 3.41. The minimum absolute atomic E-state index is 0.322. The number of nitrogens with one attached hydrogen (secondary N) is 1. The number of methoxy groups -OCH3 is 1. The summed E-state index contributed by atoms with van der Waals surface area (Å²) in [5.74, 6) is 0.879. The number of benzene rings is 2. The molecule has 0 aromatic heterocycles. The first kappa shape index (κ1) is 13.2. The number of halogens is 2. The molecule has 0 bridgehead atoms. The smallest absolute Gasteiger partial charge is 0.147 e. The predicted octanol–water partition coefficient (Wildman–Crippen LogP) is 4.14. The number of rotatable bonds is 2. The molecule has 0 amide bonds. The quantitative estimate of drug-likeness (QED) is 0.893. The van der Waals surface area contributed by atoms with E-state index in [0.717, 1.165) is 10.2 Å². The van der Waals surface area contributed by atoms with Crippen molar-refractivity contribution >= 4 is 21.6 Å². The predicted molar refractivity (Wildman–Crippen MR) is 79.0 cm³/mol. The van der Waals surface area contributed by atoms with Crippen molar-refractivity contribution in [2.75, 3.05) is 19.0 Å². The molecule has 1 N–H and O–H groups in total. The Bertz CT molecular complexity index is 648. The van der Waals surface area contributed by atoms with Gasteiger partial charge in [-0.25, -0.2) is 4.39 Å². The van der Waals surface area contributed by atoms with Gasteiger partial charge in [0.2, 0.25) is 0 Å². The topological polar surface area (TPSA) is 30.5 Å². The van der Waals surface area contributed by atoms with Crippen molar-refractivity contribution in [2.24, 2.45) is 0 Å². The summed E-state index contributed by atoms with van der Waals surface area (Å²) in [4.78, 5) is 0. The second kappa shape index (κ2) is 5.32. The van der Waals surface area contributed by atoms with E-state index in [4.69, 9.17) is 9.47 Å². The van der Waals surface area contributed by atoms with Crippen LogP contribution in [-0.4, -0.2) is 13.7 Å². The molecule has 0 fully saturated rings. The van der Waals surface area contributed by atoms with Crippen LogP contribution >= 0.6 is 15.9 Å². The fraction of sp³-hybridized carbons (Fsp3) is 0.200. The molecule has 3 rings (SSSR count). The molecule has 1 aliphatic heterocycles. The number of hydrogen-bond acceptors (Lipinski definition) is 3. The van der Waals surface area contributed by atoms with E-state index in [1.165, 1.54) is 13.2 Å². The summed E-state index contributed by atoms with van der Waals surface area (Å²) < 4.78 is 26.2. The molecule has 2 aromatic carbocycles. The van der Waals surface area contributed by atoms with Crippen LogP contribution in [0.5, 0.6) is 11.5 Å². The molecule has 1 atom stereocenters. The van der Waals surface area contributed by atoms with E-state index in [1.807, 2.05) is 18.2 Å². The van der Waals surface area contributed by atoms with Crippen LogP contribution in [0.1, 0.15) is 11.7 Å². The van der Waals surface area contributed by atoms with Gasteiger partial charge in [0.1, 0.15) is 23.4 Å². The Balaban J connectivity index is 1.96. The zero-order valence-corrected chi connectivity index (χ0v) is 12.4. The van der Waals surface area contributed by atoms with E-state index in [9.17, 15) is 4.39 Å². The Labute approximate surface area is 124 Å². The molecule has 1 heterocycles. The second-order valence-corrected chi connectivity index (χ2v) is 5.40. The molecular formula is C15H13BrFNO2. The maximum atomic E-state index is 14.1. The molecule has 1 aliphatic rings. The molecule has 0 saturated carbocycles. The van der Waals surface area contributed by atoms with E-state index in [-0.39, 0.29) is 5.82 Å². The van der Waals surface area contributed by atoms with Crippen LogP contribution in [0.15, 0.2) is 40.9 Å². The highest BCUT2D eigenvalue weighted by atomic mass is 79.9. The SMILES string of the molecule is COc1cccc(F)c1C1CNc2cc(Br)ccc2O1. The van der Waals surface area contributed by atoms with Gasteiger partial charge in [-0.2, -0.15) is 0 Å². The Morgan fingerprint density at radius 1 is 1.35 bits per heavy atom. The van der Waals surface area contributed by atoms with Gasteiger partial charge in [-0.1, -0.05) is 22.0 Å². The van der Waals surface area contributed by atoms with Gasteiger partial charge in [0, 0.05) is 4.47 Å². The summed E-state index contributed by atoms with van der Waals surface area (Å²) in [7, 11) is 1.53. The van der Waals surface area contributed by atoms with Gasteiger partial charge in [0.25, 0.3) is 0 Å². The highest BCUT2D eigenvalue weighted by molar-refractivity contribution is 9.10. The minimum atomic E-state index is -0.417. The normalized spacial score (nSPS) is 16.9. The average molecular weight is 338 g/mol. The van der Waals surface area contributed by atoms with Gasteiger partial charge >= 0.3 is 0 Å². The van der Waals surface area contributed by atoms with Crippen molar-refractivity contribution < 1.29 is 13.9 Å². The standard InChI is InChI=1S/C15H13BrFNO2/c1-19-13-4-2-3-10(17)15(13)14-8-18-11-7-9(16)5-6-12(11)20-14/h2-7,14,18H,8H2,1H3. The molecule has 0 radical (unpaired) electrons. The summed E-state index contributed by atoms with van der Waals surface area (Å²) in [5, 5.41) is 3.25. The summed E-state index contributed by atoms with van der Waals surface area (Å²) in [5.41, 5.74) is 1.34. The number of anilines is 1. The van der Waals surface area contributed by atoms with Gasteiger partial charge < -0.3 is 14.8 Å². The molecule has 5 heteroatoms. The monoisotopic (exact) mass is 337 g/mol. The van der Waals surface area contributed by atoms with Crippen LogP contribution < -0.4 is 14.8 Å². The lowest BCUT2D eigenvalue weighted by Crippen LogP contribution is -2.25. The molecule has 20 heavy (non-hydrogen) atoms. The van der Waals surface area contributed by atoms with E-state index in [2.05, 4.69) is 21.2 Å². The van der Waals surface area contributed by atoms with Crippen molar-refractivity contribution in [3.8, 4) is 11.5 Å². The first-order chi connectivity index (χ1) is 9.69. The molecule has 104 valence electrons. The third kappa shape index (κ3) is 2.33. The molecule has 1 unspecified atom stereocenters. The molecule has 0 spiro atoms. The van der Waals surface area contributed by atoms with Crippen LogP contribution in [0.4, 0.5) is 10.1 Å². The molecule has 0 aliphatic carbocycles. The van der Waals surface area contributed by atoms with Gasteiger partial charge in [0.05, 0.1) is 24.9 Å². The first-order valence-electron chi connectivity index (χ1n) is 6.21. The van der Waals surface area contributed by atoms with Crippen molar-refractivity contribution in [2.45, 2.75) is 6.10 Å². The third-order valence-corrected chi connectivity index (χ3v) is 3.74. The van der Waals surface area contributed by atoms with Crippen molar-refractivity contribution in [1.82, 2.24) is 0 Å². The van der Waals surface area contributed by atoms with Gasteiger partial charge in [0.15, 0.2) is 0 Å². The largest absolute Gasteiger partial charge is 0.496 e. The number of ether oxygens (including phenoxy) is 2. The maximum Gasteiger partial charge on any atom is 0.147 e. The summed E-state index contributed by atoms with van der Waals surface area (Å²) in [6.45, 7) is 0.487. The Hall–Kier alpha value is -1.75. The first-order valence-corrected chi connectivity index (χ1v) is 7.01. The van der Waals surface area contributed by atoms with Crippen molar-refractivity contribution in [3.63, 3.8) is 0 Å². The van der Waals surface area contributed by atoms with E-state index in [1.54, 1.807) is 12.1 Å². The van der Waals surface area contributed by atoms with Gasteiger partial charge in [-0.3, -0.25) is 0 Å². The molecule has 3 nitrogen and oxygen atoms in total. The maximum absolute atomic E-state index is 14.1. The van der Waals surface area contributed by atoms with Crippen LogP contribution in [-0.2, 0) is 0 Å². The van der Waals surface area contributed by atoms with Crippen molar-refractivity contribution in [1.29, 1.82) is 0 Å². The van der Waals surface area contributed by atoms with Crippen LogP contribution in [0.3, 0.4) is 0 Å². The zero-order valence-electron chi connectivity index (χ0n) is 10.8. The zero-order chi connectivity index (χ0) is 14.1. The summed E-state index contributed by atoms with van der Waals surface area (Å²) in [6.07, 6.45) is -0.417. The van der Waals surface area contributed by atoms with Crippen LogP contribution in [0.25, 0.3) is 0 Å². The van der Waals surface area contributed by atoms with Crippen LogP contribution in [0, 0.1) is 5.82 Å². The van der Waals surface area contributed by atoms with E-state index < -0.39 is 6.10 Å². The lowest BCUT2D eigenvalue weighted by Gasteiger charge is -2.28.